The predicted molar refractivity (Wildman–Crippen MR) is 105 cm³/mol. The smallest absolute Gasteiger partial charge is 0.253 e. The second-order valence-corrected chi connectivity index (χ2v) is 6.51. The summed E-state index contributed by atoms with van der Waals surface area (Å²) in [4.78, 5) is 40.1. The Morgan fingerprint density at radius 3 is 2.63 bits per heavy atom. The second-order valence-electron chi connectivity index (χ2n) is 6.51. The summed E-state index contributed by atoms with van der Waals surface area (Å²) in [6.07, 6.45) is 2.17. The Kier molecular flexibility index (Phi) is 5.35. The number of fused-ring (bicyclic) bond motifs is 1. The first-order valence-corrected chi connectivity index (χ1v) is 8.66. The van der Waals surface area contributed by atoms with Crippen LogP contribution in [0.25, 0.3) is 10.8 Å². The minimum absolute atomic E-state index is 0.0503. The molecule has 0 saturated heterocycles. The molecular weight excluding hydrogens is 342 g/mol. The van der Waals surface area contributed by atoms with Crippen LogP contribution < -0.4 is 10.9 Å². The first-order valence-electron chi connectivity index (χ1n) is 8.66. The summed E-state index contributed by atoms with van der Waals surface area (Å²) < 4.78 is 0. The zero-order chi connectivity index (χ0) is 19.4. The van der Waals surface area contributed by atoms with Gasteiger partial charge in [-0.2, -0.15) is 0 Å². The van der Waals surface area contributed by atoms with Crippen LogP contribution in [0.3, 0.4) is 0 Å². The summed E-state index contributed by atoms with van der Waals surface area (Å²) in [6, 6.07) is 14.2. The molecule has 0 radical (unpaired) electrons. The third kappa shape index (κ3) is 4.23. The summed E-state index contributed by atoms with van der Waals surface area (Å²) >= 11 is 0. The lowest BCUT2D eigenvalue weighted by Gasteiger charge is -2.11. The molecule has 0 atom stereocenters. The van der Waals surface area contributed by atoms with Gasteiger partial charge in [-0.05, 0) is 35.6 Å². The Morgan fingerprint density at radius 1 is 1.07 bits per heavy atom. The van der Waals surface area contributed by atoms with Crippen LogP contribution in [0.5, 0.6) is 0 Å². The number of hydrogen-bond acceptors (Lipinski definition) is 3. The number of pyridine rings is 1. The van der Waals surface area contributed by atoms with Gasteiger partial charge in [0.05, 0.1) is 0 Å². The van der Waals surface area contributed by atoms with E-state index in [4.69, 9.17) is 0 Å². The van der Waals surface area contributed by atoms with Crippen molar-refractivity contribution in [2.75, 3.05) is 20.6 Å². The average Bonchev–Trinajstić information content (AvgIpc) is 2.66. The van der Waals surface area contributed by atoms with E-state index in [9.17, 15) is 14.4 Å². The minimum atomic E-state index is -0.202. The van der Waals surface area contributed by atoms with Crippen LogP contribution >= 0.6 is 0 Å². The highest BCUT2D eigenvalue weighted by molar-refractivity contribution is 6.06. The number of aromatic nitrogens is 1. The standard InChI is InChI=1S/C21H21N3O3/c1-24(2)21(27)16-7-3-5-14(11-16)9-10-22-20(26)17-8-4-6-15-12-19(25)23-13-18(15)17/h3-8,11-13H,9-10H2,1-2H3,(H,22,26)(H,23,25). The zero-order valence-corrected chi connectivity index (χ0v) is 15.3. The van der Waals surface area contributed by atoms with E-state index in [0.29, 0.717) is 29.5 Å². The van der Waals surface area contributed by atoms with Crippen molar-refractivity contribution in [1.29, 1.82) is 0 Å². The molecule has 0 spiro atoms. The van der Waals surface area contributed by atoms with Crippen molar-refractivity contribution < 1.29 is 9.59 Å². The normalized spacial score (nSPS) is 10.6. The van der Waals surface area contributed by atoms with Crippen molar-refractivity contribution >= 4 is 22.6 Å². The summed E-state index contributed by atoms with van der Waals surface area (Å²) in [5.74, 6) is -0.251. The number of nitrogens with one attached hydrogen (secondary N) is 2. The Labute approximate surface area is 156 Å². The SMILES string of the molecule is CN(C)C(=O)c1cccc(CCNC(=O)c2cccc3cc(=O)[nH]cc23)c1. The van der Waals surface area contributed by atoms with E-state index in [0.717, 1.165) is 10.9 Å². The minimum Gasteiger partial charge on any atom is -0.352 e. The van der Waals surface area contributed by atoms with Gasteiger partial charge in [-0.1, -0.05) is 24.3 Å². The quantitative estimate of drug-likeness (QED) is 0.729. The van der Waals surface area contributed by atoms with E-state index in [1.54, 1.807) is 44.6 Å². The van der Waals surface area contributed by atoms with Crippen LogP contribution in [0.4, 0.5) is 0 Å². The molecule has 0 saturated carbocycles. The molecule has 0 aliphatic heterocycles. The van der Waals surface area contributed by atoms with Crippen molar-refractivity contribution in [2.24, 2.45) is 0 Å². The maximum Gasteiger partial charge on any atom is 0.253 e. The van der Waals surface area contributed by atoms with E-state index in [2.05, 4.69) is 10.3 Å². The summed E-state index contributed by atoms with van der Waals surface area (Å²) in [7, 11) is 3.43. The Bertz CT molecular complexity index is 1050. The fourth-order valence-electron chi connectivity index (χ4n) is 2.93. The lowest BCUT2D eigenvalue weighted by atomic mass is 10.1. The van der Waals surface area contributed by atoms with Gasteiger partial charge in [-0.3, -0.25) is 14.4 Å². The van der Waals surface area contributed by atoms with Gasteiger partial charge in [0.25, 0.3) is 11.8 Å². The van der Waals surface area contributed by atoms with Crippen LogP contribution in [-0.4, -0.2) is 42.3 Å². The molecule has 0 aliphatic rings. The van der Waals surface area contributed by atoms with Crippen molar-refractivity contribution in [3.8, 4) is 0 Å². The maximum absolute atomic E-state index is 12.5. The zero-order valence-electron chi connectivity index (χ0n) is 15.3. The topological polar surface area (TPSA) is 82.3 Å². The monoisotopic (exact) mass is 363 g/mol. The molecule has 27 heavy (non-hydrogen) atoms. The summed E-state index contributed by atoms with van der Waals surface area (Å²) in [6.45, 7) is 0.443. The highest BCUT2D eigenvalue weighted by Gasteiger charge is 2.11. The molecule has 0 fully saturated rings. The molecule has 2 N–H and O–H groups in total. The van der Waals surface area contributed by atoms with Gasteiger partial charge in [-0.25, -0.2) is 0 Å². The first-order chi connectivity index (χ1) is 13.0. The van der Waals surface area contributed by atoms with Gasteiger partial charge in [-0.15, -0.1) is 0 Å². The second kappa shape index (κ2) is 7.86. The van der Waals surface area contributed by atoms with Crippen LogP contribution in [0, 0.1) is 0 Å². The number of benzene rings is 2. The fourth-order valence-corrected chi connectivity index (χ4v) is 2.93. The highest BCUT2D eigenvalue weighted by atomic mass is 16.2. The summed E-state index contributed by atoms with van der Waals surface area (Å²) in [5.41, 5.74) is 1.92. The third-order valence-electron chi connectivity index (χ3n) is 4.31. The van der Waals surface area contributed by atoms with E-state index < -0.39 is 0 Å². The molecule has 0 bridgehead atoms. The molecule has 3 aromatic rings. The van der Waals surface area contributed by atoms with E-state index >= 15 is 0 Å². The Morgan fingerprint density at radius 2 is 1.85 bits per heavy atom. The van der Waals surface area contributed by atoms with Gasteiger partial charge in [0.15, 0.2) is 0 Å². The number of carbonyl (C=O) groups excluding carboxylic acids is 2. The predicted octanol–water partition coefficient (Wildman–Crippen LogP) is 2.20. The highest BCUT2D eigenvalue weighted by Crippen LogP contribution is 2.16. The Balaban J connectivity index is 1.68. The maximum atomic E-state index is 12.5. The van der Waals surface area contributed by atoms with Crippen molar-refractivity contribution in [3.05, 3.63) is 81.8 Å². The van der Waals surface area contributed by atoms with Crippen LogP contribution in [-0.2, 0) is 6.42 Å². The molecule has 0 aliphatic carbocycles. The number of H-pyrrole nitrogens is 1. The third-order valence-corrected chi connectivity index (χ3v) is 4.31. The number of nitrogens with zero attached hydrogens (tertiary/aromatic N) is 1. The number of hydrogen-bond donors (Lipinski definition) is 2. The molecule has 138 valence electrons. The first kappa shape index (κ1) is 18.4. The average molecular weight is 363 g/mol. The van der Waals surface area contributed by atoms with Crippen LogP contribution in [0.15, 0.2) is 59.5 Å². The molecule has 6 heteroatoms. The van der Waals surface area contributed by atoms with Crippen molar-refractivity contribution in [3.63, 3.8) is 0 Å². The molecule has 6 nitrogen and oxygen atoms in total. The summed E-state index contributed by atoms with van der Waals surface area (Å²) in [5, 5.41) is 4.32. The van der Waals surface area contributed by atoms with E-state index in [1.165, 1.54) is 11.0 Å². The molecule has 1 aromatic heterocycles. The molecule has 3 rings (SSSR count). The van der Waals surface area contributed by atoms with Gasteiger partial charge in [0, 0.05) is 49.4 Å². The number of carbonyl (C=O) groups is 2. The number of amides is 2. The number of rotatable bonds is 5. The van der Waals surface area contributed by atoms with Crippen molar-refractivity contribution in [1.82, 2.24) is 15.2 Å². The lowest BCUT2D eigenvalue weighted by molar-refractivity contribution is 0.0827. The fraction of sp³-hybridized carbons (Fsp3) is 0.190. The molecule has 0 unspecified atom stereocenters. The van der Waals surface area contributed by atoms with Crippen LogP contribution in [0.2, 0.25) is 0 Å². The lowest BCUT2D eigenvalue weighted by Crippen LogP contribution is -2.26. The van der Waals surface area contributed by atoms with Gasteiger partial charge < -0.3 is 15.2 Å². The molecule has 1 heterocycles. The number of aromatic amines is 1. The van der Waals surface area contributed by atoms with Gasteiger partial charge >= 0.3 is 0 Å². The van der Waals surface area contributed by atoms with Crippen LogP contribution in [0.1, 0.15) is 26.3 Å². The molecule has 2 amide bonds. The van der Waals surface area contributed by atoms with E-state index in [-0.39, 0.29) is 17.4 Å². The molecule has 2 aromatic carbocycles. The van der Waals surface area contributed by atoms with Crippen molar-refractivity contribution in [2.45, 2.75) is 6.42 Å². The van der Waals surface area contributed by atoms with Gasteiger partial charge in [0.2, 0.25) is 5.56 Å². The van der Waals surface area contributed by atoms with Gasteiger partial charge in [0.1, 0.15) is 0 Å². The molecular formula is C21H21N3O3. The largest absolute Gasteiger partial charge is 0.352 e. The Hall–Kier alpha value is -3.41. The van der Waals surface area contributed by atoms with E-state index in [1.807, 2.05) is 18.2 Å².